The Labute approximate surface area is 112 Å². The summed E-state index contributed by atoms with van der Waals surface area (Å²) in [6, 6.07) is 8.75. The van der Waals surface area contributed by atoms with Gasteiger partial charge in [-0.1, -0.05) is 6.07 Å². The molecule has 18 heavy (non-hydrogen) atoms. The third-order valence-electron chi connectivity index (χ3n) is 2.62. The normalized spacial score (nSPS) is 12.1. The Morgan fingerprint density at radius 2 is 2.28 bits per heavy atom. The summed E-state index contributed by atoms with van der Waals surface area (Å²) in [5, 5.41) is 8.85. The second-order valence-electron chi connectivity index (χ2n) is 4.29. The number of hydrogen-bond acceptors (Lipinski definition) is 4. The van der Waals surface area contributed by atoms with Crippen molar-refractivity contribution in [1.82, 2.24) is 4.98 Å². The van der Waals surface area contributed by atoms with Crippen molar-refractivity contribution in [3.8, 4) is 0 Å². The Morgan fingerprint density at radius 3 is 3.00 bits per heavy atom. The van der Waals surface area contributed by atoms with Crippen LogP contribution in [-0.2, 0) is 6.42 Å². The highest BCUT2D eigenvalue weighted by Gasteiger charge is 2.05. The summed E-state index contributed by atoms with van der Waals surface area (Å²) in [7, 11) is 0. The number of pyridine rings is 1. The fourth-order valence-electron chi connectivity index (χ4n) is 1.86. The lowest BCUT2D eigenvalue weighted by molar-refractivity contribution is 0.800. The maximum Gasteiger partial charge on any atom is 0.127 e. The average Bonchev–Trinajstić information content (AvgIpc) is 2.82. The Kier molecular flexibility index (Phi) is 4.59. The van der Waals surface area contributed by atoms with Gasteiger partial charge in [-0.3, -0.25) is 0 Å². The molecule has 0 radical (unpaired) electrons. The molecule has 0 aliphatic rings. The molecule has 96 valence electrons. The Hall–Kier alpha value is -1.55. The zero-order valence-corrected chi connectivity index (χ0v) is 11.6. The minimum atomic E-state index is 0.417. The molecule has 0 bridgehead atoms. The van der Waals surface area contributed by atoms with Crippen molar-refractivity contribution in [2.24, 2.45) is 0 Å². The standard InChI is InChI=1S/C14H19N3S/c1-3-15-14-10-12(6-7-16-14)17-11(2)9-13-5-4-8-18-13/h4-8,10-11H,3,9H2,1-2H3,(H2,15,16,17). The topological polar surface area (TPSA) is 37.0 Å². The first-order chi connectivity index (χ1) is 8.78. The molecule has 0 saturated heterocycles. The molecule has 2 aromatic heterocycles. The van der Waals surface area contributed by atoms with E-state index in [2.05, 4.69) is 53.0 Å². The highest BCUT2D eigenvalue weighted by Crippen LogP contribution is 2.16. The van der Waals surface area contributed by atoms with Gasteiger partial charge in [0.15, 0.2) is 0 Å². The van der Waals surface area contributed by atoms with Crippen LogP contribution in [0, 0.1) is 0 Å². The predicted molar refractivity (Wildman–Crippen MR) is 79.5 cm³/mol. The number of nitrogens with one attached hydrogen (secondary N) is 2. The molecular formula is C14H19N3S. The van der Waals surface area contributed by atoms with Gasteiger partial charge in [-0.25, -0.2) is 4.98 Å². The van der Waals surface area contributed by atoms with E-state index in [0.717, 1.165) is 24.5 Å². The Morgan fingerprint density at radius 1 is 1.39 bits per heavy atom. The van der Waals surface area contributed by atoms with Crippen LogP contribution in [0.25, 0.3) is 0 Å². The van der Waals surface area contributed by atoms with Crippen molar-refractivity contribution >= 4 is 22.8 Å². The first-order valence-corrected chi connectivity index (χ1v) is 7.14. The van der Waals surface area contributed by atoms with Crippen molar-refractivity contribution < 1.29 is 0 Å². The number of nitrogens with zero attached hydrogens (tertiary/aromatic N) is 1. The van der Waals surface area contributed by atoms with Gasteiger partial charge in [0, 0.05) is 41.8 Å². The van der Waals surface area contributed by atoms with Crippen molar-refractivity contribution in [3.05, 3.63) is 40.7 Å². The van der Waals surface area contributed by atoms with Crippen LogP contribution in [0.5, 0.6) is 0 Å². The quantitative estimate of drug-likeness (QED) is 0.834. The third kappa shape index (κ3) is 3.74. The molecule has 2 heterocycles. The summed E-state index contributed by atoms with van der Waals surface area (Å²) >= 11 is 1.81. The molecule has 0 saturated carbocycles. The summed E-state index contributed by atoms with van der Waals surface area (Å²) in [5.41, 5.74) is 1.12. The minimum Gasteiger partial charge on any atom is -0.382 e. The molecule has 4 heteroatoms. The van der Waals surface area contributed by atoms with Gasteiger partial charge in [0.2, 0.25) is 0 Å². The average molecular weight is 261 g/mol. The molecule has 0 spiro atoms. The molecule has 2 N–H and O–H groups in total. The van der Waals surface area contributed by atoms with Crippen LogP contribution < -0.4 is 10.6 Å². The van der Waals surface area contributed by atoms with Gasteiger partial charge in [-0.15, -0.1) is 11.3 Å². The van der Waals surface area contributed by atoms with Gasteiger partial charge in [-0.2, -0.15) is 0 Å². The molecule has 0 aromatic carbocycles. The van der Waals surface area contributed by atoms with E-state index in [9.17, 15) is 0 Å². The second-order valence-corrected chi connectivity index (χ2v) is 5.32. The van der Waals surface area contributed by atoms with E-state index >= 15 is 0 Å². The third-order valence-corrected chi connectivity index (χ3v) is 3.52. The van der Waals surface area contributed by atoms with Gasteiger partial charge in [-0.05, 0) is 31.4 Å². The van der Waals surface area contributed by atoms with E-state index in [1.54, 1.807) is 0 Å². The van der Waals surface area contributed by atoms with Crippen molar-refractivity contribution in [2.75, 3.05) is 17.2 Å². The fourth-order valence-corrected chi connectivity index (χ4v) is 2.70. The van der Waals surface area contributed by atoms with Crippen LogP contribution in [0.15, 0.2) is 35.8 Å². The van der Waals surface area contributed by atoms with Crippen molar-refractivity contribution in [1.29, 1.82) is 0 Å². The molecule has 0 fully saturated rings. The van der Waals surface area contributed by atoms with Crippen LogP contribution >= 0.6 is 11.3 Å². The summed E-state index contributed by atoms with van der Waals surface area (Å²) in [4.78, 5) is 5.68. The highest BCUT2D eigenvalue weighted by molar-refractivity contribution is 7.09. The monoisotopic (exact) mass is 261 g/mol. The number of rotatable bonds is 6. The maximum absolute atomic E-state index is 4.26. The first kappa shape index (κ1) is 12.9. The Bertz CT molecular complexity index is 468. The lowest BCUT2D eigenvalue weighted by Gasteiger charge is -2.15. The smallest absolute Gasteiger partial charge is 0.127 e. The lowest BCUT2D eigenvalue weighted by Crippen LogP contribution is -2.17. The number of aromatic nitrogens is 1. The number of anilines is 2. The van der Waals surface area contributed by atoms with Gasteiger partial charge >= 0.3 is 0 Å². The largest absolute Gasteiger partial charge is 0.382 e. The Balaban J connectivity index is 1.93. The summed E-state index contributed by atoms with van der Waals surface area (Å²) in [6.45, 7) is 5.16. The zero-order valence-electron chi connectivity index (χ0n) is 10.8. The van der Waals surface area contributed by atoms with Crippen LogP contribution in [0.4, 0.5) is 11.5 Å². The number of hydrogen-bond donors (Lipinski definition) is 2. The van der Waals surface area contributed by atoms with Crippen LogP contribution in [0.1, 0.15) is 18.7 Å². The van der Waals surface area contributed by atoms with Gasteiger partial charge in [0.1, 0.15) is 5.82 Å². The summed E-state index contributed by atoms with van der Waals surface area (Å²) < 4.78 is 0. The molecule has 0 aliphatic carbocycles. The molecular weight excluding hydrogens is 242 g/mol. The minimum absolute atomic E-state index is 0.417. The molecule has 2 rings (SSSR count). The fraction of sp³-hybridized carbons (Fsp3) is 0.357. The zero-order chi connectivity index (χ0) is 12.8. The van der Waals surface area contributed by atoms with Gasteiger partial charge in [0.05, 0.1) is 0 Å². The van der Waals surface area contributed by atoms with E-state index < -0.39 is 0 Å². The molecule has 1 atom stereocenters. The molecule has 1 unspecified atom stereocenters. The van der Waals surface area contributed by atoms with Crippen LogP contribution in [0.2, 0.25) is 0 Å². The lowest BCUT2D eigenvalue weighted by atomic mass is 10.2. The van der Waals surface area contributed by atoms with Crippen molar-refractivity contribution in [3.63, 3.8) is 0 Å². The summed E-state index contributed by atoms with van der Waals surface area (Å²) in [6.07, 6.45) is 2.88. The molecule has 3 nitrogen and oxygen atoms in total. The molecule has 2 aromatic rings. The predicted octanol–water partition coefficient (Wildman–Crippen LogP) is 3.62. The van der Waals surface area contributed by atoms with E-state index in [4.69, 9.17) is 0 Å². The molecule has 0 aliphatic heterocycles. The maximum atomic E-state index is 4.26. The van der Waals surface area contributed by atoms with Crippen LogP contribution in [0.3, 0.4) is 0 Å². The van der Waals surface area contributed by atoms with Crippen LogP contribution in [-0.4, -0.2) is 17.6 Å². The van der Waals surface area contributed by atoms with E-state index in [-0.39, 0.29) is 0 Å². The number of thiophene rings is 1. The van der Waals surface area contributed by atoms with Crippen molar-refractivity contribution in [2.45, 2.75) is 26.3 Å². The molecule has 0 amide bonds. The highest BCUT2D eigenvalue weighted by atomic mass is 32.1. The van der Waals surface area contributed by atoms with E-state index in [0.29, 0.717) is 6.04 Å². The SMILES string of the molecule is CCNc1cc(NC(C)Cc2cccs2)ccn1. The first-order valence-electron chi connectivity index (χ1n) is 6.26. The van der Waals surface area contributed by atoms with E-state index in [1.807, 2.05) is 23.6 Å². The van der Waals surface area contributed by atoms with Gasteiger partial charge in [0.25, 0.3) is 0 Å². The summed E-state index contributed by atoms with van der Waals surface area (Å²) in [5.74, 6) is 0.922. The van der Waals surface area contributed by atoms with Gasteiger partial charge < -0.3 is 10.6 Å². The second kappa shape index (κ2) is 6.40. The van der Waals surface area contributed by atoms with E-state index in [1.165, 1.54) is 4.88 Å².